The van der Waals surface area contributed by atoms with Crippen molar-refractivity contribution in [2.75, 3.05) is 17.5 Å². The first-order valence-electron chi connectivity index (χ1n) is 13.5. The summed E-state index contributed by atoms with van der Waals surface area (Å²) in [5, 5.41) is 0.761. The smallest absolute Gasteiger partial charge is 0.264 e. The quantitative estimate of drug-likeness (QED) is 0.257. The standard InChI is InChI=1S/C32H33NO4S/c1-23-16-18-27(19-17-23)38(34,35)33-21-20-26(24-10-4-2-5-11-24)22-36-31(25-12-6-3-7-13-25)32-30(33)28-14-8-9-15-29(28)37-32/h3,6-9,12-20,24,31H,2,4-5,10-11,21-22H2,1H3/b26-20+. The zero-order valence-corrected chi connectivity index (χ0v) is 22.5. The van der Waals surface area contributed by atoms with Crippen molar-refractivity contribution in [1.82, 2.24) is 0 Å². The summed E-state index contributed by atoms with van der Waals surface area (Å²) < 4.78 is 43.3. The second-order valence-corrected chi connectivity index (χ2v) is 12.2. The number of ether oxygens (including phenoxy) is 1. The number of hydrogen-bond donors (Lipinski definition) is 0. The van der Waals surface area contributed by atoms with Gasteiger partial charge in [0.25, 0.3) is 10.0 Å². The number of rotatable bonds is 4. The summed E-state index contributed by atoms with van der Waals surface area (Å²) in [6.07, 6.45) is 7.43. The van der Waals surface area contributed by atoms with E-state index in [9.17, 15) is 8.42 Å². The molecule has 0 bridgehead atoms. The number of hydrogen-bond acceptors (Lipinski definition) is 4. The molecule has 6 rings (SSSR count). The van der Waals surface area contributed by atoms with Gasteiger partial charge in [0.2, 0.25) is 0 Å². The van der Waals surface area contributed by atoms with Crippen molar-refractivity contribution in [2.45, 2.75) is 50.0 Å². The fourth-order valence-corrected chi connectivity index (χ4v) is 7.21. The highest BCUT2D eigenvalue weighted by molar-refractivity contribution is 7.92. The number of aryl methyl sites for hydroxylation is 1. The molecule has 0 saturated heterocycles. The molecule has 1 unspecified atom stereocenters. The van der Waals surface area contributed by atoms with Gasteiger partial charge >= 0.3 is 0 Å². The fourth-order valence-electron chi connectivity index (χ4n) is 5.78. The van der Waals surface area contributed by atoms with Crippen LogP contribution >= 0.6 is 0 Å². The molecule has 2 heterocycles. The van der Waals surface area contributed by atoms with Gasteiger partial charge in [-0.3, -0.25) is 4.31 Å². The normalized spacial score (nSPS) is 20.7. The highest BCUT2D eigenvalue weighted by atomic mass is 32.2. The molecule has 0 spiro atoms. The molecule has 0 amide bonds. The van der Waals surface area contributed by atoms with Gasteiger partial charge in [0, 0.05) is 5.39 Å². The van der Waals surface area contributed by atoms with Crippen LogP contribution in [0.1, 0.15) is 55.1 Å². The van der Waals surface area contributed by atoms with Gasteiger partial charge in [-0.1, -0.05) is 85.5 Å². The van der Waals surface area contributed by atoms with Crippen molar-refractivity contribution in [3.8, 4) is 0 Å². The van der Waals surface area contributed by atoms with Crippen molar-refractivity contribution in [2.24, 2.45) is 5.92 Å². The lowest BCUT2D eigenvalue weighted by atomic mass is 9.84. The molecule has 1 aromatic heterocycles. The molecule has 0 N–H and O–H groups in total. The van der Waals surface area contributed by atoms with E-state index in [1.807, 2.05) is 73.7 Å². The summed E-state index contributed by atoms with van der Waals surface area (Å²) in [4.78, 5) is 0.267. The first-order valence-corrected chi connectivity index (χ1v) is 14.9. The number of sulfonamides is 1. The topological polar surface area (TPSA) is 59.8 Å². The van der Waals surface area contributed by atoms with E-state index in [1.165, 1.54) is 29.1 Å². The Morgan fingerprint density at radius 2 is 1.55 bits per heavy atom. The van der Waals surface area contributed by atoms with Crippen molar-refractivity contribution in [1.29, 1.82) is 0 Å². The largest absolute Gasteiger partial charge is 0.456 e. The number of furan rings is 1. The van der Waals surface area contributed by atoms with Crippen molar-refractivity contribution >= 4 is 26.7 Å². The Kier molecular flexibility index (Phi) is 6.85. The van der Waals surface area contributed by atoms with Crippen LogP contribution in [0.15, 0.2) is 99.8 Å². The van der Waals surface area contributed by atoms with Gasteiger partial charge in [0.15, 0.2) is 5.76 Å². The van der Waals surface area contributed by atoms with Crippen molar-refractivity contribution in [3.05, 3.63) is 107 Å². The van der Waals surface area contributed by atoms with Gasteiger partial charge in [-0.15, -0.1) is 0 Å². The summed E-state index contributed by atoms with van der Waals surface area (Å²) in [5.74, 6) is 0.927. The van der Waals surface area contributed by atoms with Crippen LogP contribution in [0.4, 0.5) is 5.69 Å². The maximum Gasteiger partial charge on any atom is 0.264 e. The van der Waals surface area contributed by atoms with Gasteiger partial charge in [-0.25, -0.2) is 8.42 Å². The van der Waals surface area contributed by atoms with Gasteiger partial charge in [-0.05, 0) is 61.1 Å². The van der Waals surface area contributed by atoms with Gasteiger partial charge < -0.3 is 9.15 Å². The lowest BCUT2D eigenvalue weighted by Crippen LogP contribution is -2.32. The third kappa shape index (κ3) is 4.67. The number of fused-ring (bicyclic) bond motifs is 3. The molecular formula is C32H33NO4S. The van der Waals surface area contributed by atoms with E-state index in [-0.39, 0.29) is 11.4 Å². The second kappa shape index (κ2) is 10.4. The minimum absolute atomic E-state index is 0.226. The molecule has 1 aliphatic heterocycles. The molecule has 1 saturated carbocycles. The van der Waals surface area contributed by atoms with Crippen LogP contribution in [0.5, 0.6) is 0 Å². The van der Waals surface area contributed by atoms with Crippen LogP contribution in [-0.2, 0) is 14.8 Å². The van der Waals surface area contributed by atoms with E-state index in [0.717, 1.165) is 29.4 Å². The lowest BCUT2D eigenvalue weighted by molar-refractivity contribution is 0.0783. The molecule has 1 fully saturated rings. The van der Waals surface area contributed by atoms with Gasteiger partial charge in [0.05, 0.1) is 18.0 Å². The molecule has 2 aliphatic rings. The number of para-hydroxylation sites is 1. The Hall–Kier alpha value is -3.35. The van der Waals surface area contributed by atoms with Crippen LogP contribution in [0.3, 0.4) is 0 Å². The highest BCUT2D eigenvalue weighted by Gasteiger charge is 2.35. The fraction of sp³-hybridized carbons (Fsp3) is 0.312. The lowest BCUT2D eigenvalue weighted by Gasteiger charge is -2.26. The predicted octanol–water partition coefficient (Wildman–Crippen LogP) is 7.56. The second-order valence-electron chi connectivity index (χ2n) is 10.4. The van der Waals surface area contributed by atoms with E-state index in [4.69, 9.17) is 9.15 Å². The molecule has 5 nitrogen and oxygen atoms in total. The number of anilines is 1. The number of benzene rings is 3. The maximum absolute atomic E-state index is 14.3. The van der Waals surface area contributed by atoms with E-state index >= 15 is 0 Å². The first kappa shape index (κ1) is 25.0. The molecule has 4 aromatic rings. The van der Waals surface area contributed by atoms with Crippen LogP contribution in [0, 0.1) is 12.8 Å². The molecular weight excluding hydrogens is 494 g/mol. The summed E-state index contributed by atoms with van der Waals surface area (Å²) >= 11 is 0. The van der Waals surface area contributed by atoms with Crippen LogP contribution < -0.4 is 4.31 Å². The Bertz CT molecular complexity index is 1550. The Labute approximate surface area is 224 Å². The zero-order chi connectivity index (χ0) is 26.1. The molecule has 38 heavy (non-hydrogen) atoms. The van der Waals surface area contributed by atoms with E-state index in [1.54, 1.807) is 12.1 Å². The molecule has 1 atom stereocenters. The van der Waals surface area contributed by atoms with Crippen LogP contribution in [0.2, 0.25) is 0 Å². The summed E-state index contributed by atoms with van der Waals surface area (Å²) in [7, 11) is -3.90. The molecule has 3 aromatic carbocycles. The van der Waals surface area contributed by atoms with Crippen molar-refractivity contribution < 1.29 is 17.6 Å². The highest BCUT2D eigenvalue weighted by Crippen LogP contribution is 2.44. The Morgan fingerprint density at radius 1 is 0.842 bits per heavy atom. The monoisotopic (exact) mass is 527 g/mol. The molecule has 196 valence electrons. The molecule has 1 aliphatic carbocycles. The predicted molar refractivity (Wildman–Crippen MR) is 151 cm³/mol. The zero-order valence-electron chi connectivity index (χ0n) is 21.7. The summed E-state index contributed by atoms with van der Waals surface area (Å²) in [6.45, 7) is 2.63. The minimum atomic E-state index is -3.90. The average molecular weight is 528 g/mol. The van der Waals surface area contributed by atoms with E-state index in [0.29, 0.717) is 29.6 Å². The summed E-state index contributed by atoms with van der Waals surface area (Å²) in [6, 6.07) is 24.7. The van der Waals surface area contributed by atoms with E-state index in [2.05, 4.69) is 6.08 Å². The Morgan fingerprint density at radius 3 is 2.32 bits per heavy atom. The molecule has 0 radical (unpaired) electrons. The number of nitrogens with zero attached hydrogens (tertiary/aromatic N) is 1. The Balaban J connectivity index is 1.57. The van der Waals surface area contributed by atoms with Crippen LogP contribution in [-0.4, -0.2) is 21.6 Å². The third-order valence-corrected chi connectivity index (χ3v) is 9.64. The van der Waals surface area contributed by atoms with Gasteiger partial charge in [0.1, 0.15) is 17.4 Å². The van der Waals surface area contributed by atoms with E-state index < -0.39 is 16.1 Å². The SMILES string of the molecule is Cc1ccc(S(=O)(=O)N2C/C=C(/C3CCCCC3)COC(c3ccccc3)c3oc4ccccc4c32)cc1. The third-order valence-electron chi connectivity index (χ3n) is 7.86. The summed E-state index contributed by atoms with van der Waals surface area (Å²) in [5.41, 5.74) is 4.33. The molecule has 6 heteroatoms. The minimum Gasteiger partial charge on any atom is -0.456 e. The first-order chi connectivity index (χ1) is 18.5. The van der Waals surface area contributed by atoms with Gasteiger partial charge in [-0.2, -0.15) is 0 Å². The maximum atomic E-state index is 14.3. The average Bonchev–Trinajstić information content (AvgIpc) is 3.34. The van der Waals surface area contributed by atoms with Crippen molar-refractivity contribution in [3.63, 3.8) is 0 Å². The van der Waals surface area contributed by atoms with Crippen LogP contribution in [0.25, 0.3) is 11.0 Å².